The first-order valence-corrected chi connectivity index (χ1v) is 15.0. The molecule has 9 nitrogen and oxygen atoms in total. The summed E-state index contributed by atoms with van der Waals surface area (Å²) in [5, 5.41) is 67.7. The molecule has 6 rings (SSSR count). The van der Waals surface area contributed by atoms with Crippen LogP contribution in [0.4, 0.5) is 0 Å². The molecule has 3 aliphatic heterocycles. The van der Waals surface area contributed by atoms with Gasteiger partial charge in [0.25, 0.3) is 0 Å². The molecule has 1 spiro atoms. The minimum atomic E-state index is -2.22. The lowest BCUT2D eigenvalue weighted by molar-refractivity contribution is -0.250. The number of benzene rings is 1. The molecule has 6 N–H and O–H groups in total. The molecule has 0 aromatic heterocycles. The van der Waals surface area contributed by atoms with Gasteiger partial charge >= 0.3 is 0 Å². The molecular weight excluding hydrogens is 514 g/mol. The van der Waals surface area contributed by atoms with Gasteiger partial charge < -0.3 is 45.0 Å². The molecule has 2 aliphatic carbocycles. The third-order valence-electron chi connectivity index (χ3n) is 10.5. The van der Waals surface area contributed by atoms with Crippen molar-refractivity contribution in [1.29, 1.82) is 0 Å². The Hall–Kier alpha value is -1.72. The van der Waals surface area contributed by atoms with Crippen molar-refractivity contribution < 1.29 is 40.1 Å². The van der Waals surface area contributed by atoms with Crippen LogP contribution < -0.4 is 4.74 Å². The van der Waals surface area contributed by atoms with E-state index in [1.165, 1.54) is 12.5 Å². The first kappa shape index (κ1) is 28.4. The predicted molar refractivity (Wildman–Crippen MR) is 147 cm³/mol. The lowest BCUT2D eigenvalue weighted by atomic mass is 9.52. The van der Waals surface area contributed by atoms with E-state index in [-0.39, 0.29) is 29.4 Å². The molecule has 0 unspecified atom stereocenters. The lowest BCUT2D eigenvalue weighted by Crippen LogP contribution is -2.66. The van der Waals surface area contributed by atoms with Gasteiger partial charge in [-0.15, -0.1) is 0 Å². The van der Waals surface area contributed by atoms with E-state index in [4.69, 9.17) is 9.47 Å². The minimum Gasteiger partial charge on any atom is -0.504 e. The van der Waals surface area contributed by atoms with Crippen molar-refractivity contribution in [3.8, 4) is 11.5 Å². The normalized spacial score (nSPS) is 40.2. The van der Waals surface area contributed by atoms with E-state index in [1.54, 1.807) is 6.08 Å². The summed E-state index contributed by atoms with van der Waals surface area (Å²) in [6.07, 6.45) is 6.15. The summed E-state index contributed by atoms with van der Waals surface area (Å²) in [5.74, 6) is 0.162. The number of aliphatic hydroxyl groups is 5. The van der Waals surface area contributed by atoms with Crippen molar-refractivity contribution in [3.63, 3.8) is 0 Å². The molecule has 2 bridgehead atoms. The Kier molecular flexibility index (Phi) is 7.47. The highest BCUT2D eigenvalue weighted by molar-refractivity contribution is 5.65. The van der Waals surface area contributed by atoms with E-state index < -0.39 is 48.1 Å². The molecule has 1 aromatic rings. The summed E-state index contributed by atoms with van der Waals surface area (Å²) in [7, 11) is 2.06. The molecule has 3 heterocycles. The van der Waals surface area contributed by atoms with Crippen molar-refractivity contribution in [3.05, 3.63) is 41.0 Å². The Labute approximate surface area is 236 Å². The van der Waals surface area contributed by atoms with Gasteiger partial charge in [-0.25, -0.2) is 0 Å². The van der Waals surface area contributed by atoms with Crippen molar-refractivity contribution in [2.24, 2.45) is 5.92 Å². The largest absolute Gasteiger partial charge is 0.504 e. The number of phenolic OH excluding ortho intramolecular Hbond substituents is 1. The molecule has 2 fully saturated rings. The van der Waals surface area contributed by atoms with Crippen molar-refractivity contribution in [1.82, 2.24) is 4.90 Å². The summed E-state index contributed by atoms with van der Waals surface area (Å²) in [6, 6.07) is 1.44. The van der Waals surface area contributed by atoms with Gasteiger partial charge in [-0.2, -0.15) is 0 Å². The van der Waals surface area contributed by atoms with Gasteiger partial charge in [0.15, 0.2) is 11.5 Å². The number of aromatic hydroxyl groups is 1. The summed E-state index contributed by atoms with van der Waals surface area (Å²) in [5.41, 5.74) is -1.09. The first-order valence-electron chi connectivity index (χ1n) is 15.0. The quantitative estimate of drug-likeness (QED) is 0.197. The van der Waals surface area contributed by atoms with Crippen LogP contribution in [0.3, 0.4) is 0 Å². The fraction of sp³-hybridized carbons (Fsp3) is 0.710. The first-order chi connectivity index (χ1) is 19.2. The number of hydrogen-bond donors (Lipinski definition) is 6. The Morgan fingerprint density at radius 1 is 1.05 bits per heavy atom. The van der Waals surface area contributed by atoms with Gasteiger partial charge in [0, 0.05) is 22.9 Å². The second-order valence-electron chi connectivity index (χ2n) is 12.6. The Balaban J connectivity index is 1.42. The van der Waals surface area contributed by atoms with Crippen LogP contribution in [0.2, 0.25) is 0 Å². The summed E-state index contributed by atoms with van der Waals surface area (Å²) in [4.78, 5) is 2.28. The van der Waals surface area contributed by atoms with Gasteiger partial charge in [0.2, 0.25) is 0 Å². The van der Waals surface area contributed by atoms with Crippen LogP contribution in [0, 0.1) is 12.0 Å². The molecule has 9 heteroatoms. The van der Waals surface area contributed by atoms with E-state index in [9.17, 15) is 30.6 Å². The second kappa shape index (κ2) is 10.5. The van der Waals surface area contributed by atoms with E-state index in [2.05, 4.69) is 24.9 Å². The van der Waals surface area contributed by atoms with E-state index in [1.807, 2.05) is 0 Å². The molecule has 0 saturated carbocycles. The van der Waals surface area contributed by atoms with Crippen LogP contribution in [0.5, 0.6) is 11.5 Å². The van der Waals surface area contributed by atoms with Gasteiger partial charge in [-0.3, -0.25) is 0 Å². The van der Waals surface area contributed by atoms with E-state index >= 15 is 0 Å². The smallest absolute Gasteiger partial charge is 0.165 e. The summed E-state index contributed by atoms with van der Waals surface area (Å²) < 4.78 is 12.2. The SMILES string of the molecule is CCCCCCCC[C]1O[C@H](CO)[C@@H](O)[C@@](O)(c2cc(O)c3c4c2C[C@@H]2[C@@H]5C=C[C@H](O)[C@H](O3)[C@]45CCN2C)[C@H]1O. The Bertz CT molecular complexity index is 1140. The fourth-order valence-corrected chi connectivity index (χ4v) is 8.41. The van der Waals surface area contributed by atoms with Crippen LogP contribution in [-0.2, 0) is 22.2 Å². The van der Waals surface area contributed by atoms with Crippen LogP contribution in [0.15, 0.2) is 18.2 Å². The number of likely N-dealkylation sites (tertiary alicyclic amines) is 1. The Morgan fingerprint density at radius 3 is 2.55 bits per heavy atom. The zero-order valence-corrected chi connectivity index (χ0v) is 23.5. The molecular formula is C31H44NO8. The number of piperidine rings is 1. The van der Waals surface area contributed by atoms with E-state index in [0.717, 1.165) is 49.8 Å². The number of nitrogens with zero attached hydrogens (tertiary/aromatic N) is 1. The maximum atomic E-state index is 12.3. The number of ether oxygens (including phenoxy) is 2. The highest BCUT2D eigenvalue weighted by Crippen LogP contribution is 2.64. The monoisotopic (exact) mass is 558 g/mol. The predicted octanol–water partition coefficient (Wildman–Crippen LogP) is 1.78. The molecule has 1 aromatic carbocycles. The van der Waals surface area contributed by atoms with Gasteiger partial charge in [0.1, 0.15) is 42.2 Å². The number of rotatable bonds is 9. The average molecular weight is 559 g/mol. The van der Waals surface area contributed by atoms with Crippen LogP contribution in [0.1, 0.15) is 75.0 Å². The molecule has 9 atom stereocenters. The van der Waals surface area contributed by atoms with E-state index in [0.29, 0.717) is 25.0 Å². The third kappa shape index (κ3) is 3.92. The number of hydrogen-bond acceptors (Lipinski definition) is 9. The number of aliphatic hydroxyl groups excluding tert-OH is 4. The fourth-order valence-electron chi connectivity index (χ4n) is 8.41. The summed E-state index contributed by atoms with van der Waals surface area (Å²) in [6.45, 7) is 2.41. The maximum absolute atomic E-state index is 12.3. The molecule has 40 heavy (non-hydrogen) atoms. The van der Waals surface area contributed by atoms with Gasteiger partial charge in [0.05, 0.1) is 6.61 Å². The van der Waals surface area contributed by atoms with Gasteiger partial charge in [-0.1, -0.05) is 57.6 Å². The average Bonchev–Trinajstić information content (AvgIpc) is 3.30. The molecule has 0 amide bonds. The highest BCUT2D eigenvalue weighted by atomic mass is 16.5. The standard InChI is InChI=1S/C31H44NO8/c1-3-4-5-6-7-8-9-23-27(36)31(38,28(37)24(16-33)39-23)19-15-22(35)26-25-17(19)14-20-18-10-11-21(34)29(40-26)30(18,25)12-13-32(20)2/h10-11,15,18,20-21,24,27-29,33-38H,3-9,12-14,16H2,1-2H3/t18-,20+,21-,24+,27-,28+,29-,30-,31+/m0/s1. The van der Waals surface area contributed by atoms with Crippen molar-refractivity contribution in [2.75, 3.05) is 20.2 Å². The molecule has 5 aliphatic rings. The number of unbranched alkanes of at least 4 members (excludes halogenated alkanes) is 5. The Morgan fingerprint density at radius 2 is 1.80 bits per heavy atom. The summed E-state index contributed by atoms with van der Waals surface area (Å²) >= 11 is 0. The van der Waals surface area contributed by atoms with Gasteiger partial charge in [-0.05, 0) is 50.0 Å². The van der Waals surface area contributed by atoms with Crippen LogP contribution in [-0.4, -0.2) is 92.3 Å². The zero-order valence-electron chi connectivity index (χ0n) is 23.5. The maximum Gasteiger partial charge on any atom is 0.165 e. The number of likely N-dealkylation sites (N-methyl/N-ethyl adjacent to an activating group) is 1. The third-order valence-corrected chi connectivity index (χ3v) is 10.5. The highest BCUT2D eigenvalue weighted by Gasteiger charge is 2.66. The molecule has 2 saturated heterocycles. The zero-order chi connectivity index (χ0) is 28.4. The minimum absolute atomic E-state index is 0.0438. The molecule has 1 radical (unpaired) electrons. The van der Waals surface area contributed by atoms with Crippen molar-refractivity contribution in [2.45, 2.75) is 112 Å². The van der Waals surface area contributed by atoms with Crippen molar-refractivity contribution >= 4 is 0 Å². The van der Waals surface area contributed by atoms with Crippen LogP contribution >= 0.6 is 0 Å². The number of phenols is 1. The van der Waals surface area contributed by atoms with Crippen LogP contribution in [0.25, 0.3) is 0 Å². The molecule has 221 valence electrons. The lowest BCUT2D eigenvalue weighted by Gasteiger charge is -2.57. The topological polar surface area (TPSA) is 143 Å². The second-order valence-corrected chi connectivity index (χ2v) is 12.6.